The molecule has 2 unspecified atom stereocenters. The molecular weight excluding hydrogens is 307 g/mol. The molecule has 6 heteroatoms. The molecule has 2 atom stereocenters. The van der Waals surface area contributed by atoms with Gasteiger partial charge in [-0.05, 0) is 37.6 Å². The number of amides is 1. The third kappa shape index (κ3) is 4.25. The van der Waals surface area contributed by atoms with E-state index in [1.807, 2.05) is 13.0 Å². The molecule has 19 heavy (non-hydrogen) atoms. The normalized spacial score (nSPS) is 19.6. The molecule has 1 amide bonds. The highest BCUT2D eigenvalue weighted by molar-refractivity contribution is 6.42. The molecule has 0 aromatic heterocycles. The molecule has 0 spiro atoms. The Hall–Kier alpha value is -0.480. The van der Waals surface area contributed by atoms with Gasteiger partial charge in [0.25, 0.3) is 0 Å². The van der Waals surface area contributed by atoms with Crippen LogP contribution in [-0.4, -0.2) is 19.0 Å². The highest BCUT2D eigenvalue weighted by atomic mass is 35.5. The van der Waals surface area contributed by atoms with Crippen molar-refractivity contribution >= 4 is 41.5 Å². The quantitative estimate of drug-likeness (QED) is 0.897. The van der Waals surface area contributed by atoms with Gasteiger partial charge in [0.2, 0.25) is 5.91 Å². The van der Waals surface area contributed by atoms with E-state index in [0.717, 1.165) is 25.1 Å². The summed E-state index contributed by atoms with van der Waals surface area (Å²) in [6.07, 6.45) is 0.903. The topological polar surface area (TPSA) is 41.1 Å². The van der Waals surface area contributed by atoms with Crippen molar-refractivity contribution in [1.82, 2.24) is 10.6 Å². The van der Waals surface area contributed by atoms with Crippen molar-refractivity contribution in [3.05, 3.63) is 33.8 Å². The first kappa shape index (κ1) is 16.6. The molecule has 1 aliphatic heterocycles. The number of hydrogen-bond donors (Lipinski definition) is 2. The molecule has 0 bridgehead atoms. The number of carbonyl (C=O) groups is 1. The van der Waals surface area contributed by atoms with Crippen LogP contribution in [0.15, 0.2) is 18.2 Å². The number of halogens is 3. The highest BCUT2D eigenvalue weighted by Crippen LogP contribution is 2.25. The Balaban J connectivity index is 0.00000180. The molecule has 1 heterocycles. The van der Waals surface area contributed by atoms with Crippen LogP contribution in [0.1, 0.15) is 24.9 Å². The molecule has 1 aliphatic rings. The first-order valence-corrected chi connectivity index (χ1v) is 6.79. The predicted octanol–water partition coefficient (Wildman–Crippen LogP) is 3.20. The Morgan fingerprint density at radius 2 is 2.16 bits per heavy atom. The average molecular weight is 324 g/mol. The second-order valence-electron chi connectivity index (χ2n) is 4.59. The van der Waals surface area contributed by atoms with Gasteiger partial charge in [0.05, 0.1) is 22.0 Å². The molecule has 3 nitrogen and oxygen atoms in total. The van der Waals surface area contributed by atoms with E-state index in [-0.39, 0.29) is 30.3 Å². The van der Waals surface area contributed by atoms with E-state index in [0.29, 0.717) is 10.0 Å². The second-order valence-corrected chi connectivity index (χ2v) is 5.41. The summed E-state index contributed by atoms with van der Waals surface area (Å²) < 4.78 is 0. The summed E-state index contributed by atoms with van der Waals surface area (Å²) in [4.78, 5) is 12.0. The molecule has 106 valence electrons. The van der Waals surface area contributed by atoms with Gasteiger partial charge in [-0.1, -0.05) is 29.3 Å². The van der Waals surface area contributed by atoms with Crippen LogP contribution in [0.2, 0.25) is 10.0 Å². The Labute approximate surface area is 129 Å². The summed E-state index contributed by atoms with van der Waals surface area (Å²) in [5.74, 6) is 0.175. The van der Waals surface area contributed by atoms with Crippen molar-refractivity contribution in [3.8, 4) is 0 Å². The zero-order valence-electron chi connectivity index (χ0n) is 10.6. The molecule has 0 saturated carbocycles. The second kappa shape index (κ2) is 7.34. The first-order valence-electron chi connectivity index (χ1n) is 6.04. The molecule has 1 fully saturated rings. The maximum atomic E-state index is 12.0. The molecule has 0 radical (unpaired) electrons. The summed E-state index contributed by atoms with van der Waals surface area (Å²) in [5, 5.41) is 7.23. The smallest absolute Gasteiger partial charge is 0.224 e. The van der Waals surface area contributed by atoms with E-state index in [1.165, 1.54) is 0 Å². The van der Waals surface area contributed by atoms with Crippen LogP contribution in [0.4, 0.5) is 0 Å². The largest absolute Gasteiger partial charge is 0.349 e. The fraction of sp³-hybridized carbons (Fsp3) is 0.462. The minimum absolute atomic E-state index is 0. The third-order valence-electron chi connectivity index (χ3n) is 3.23. The summed E-state index contributed by atoms with van der Waals surface area (Å²) in [5.41, 5.74) is 0.962. The number of carbonyl (C=O) groups excluding carboxylic acids is 1. The first-order chi connectivity index (χ1) is 8.58. The van der Waals surface area contributed by atoms with Crippen molar-refractivity contribution in [2.75, 3.05) is 13.1 Å². The van der Waals surface area contributed by atoms with Crippen molar-refractivity contribution < 1.29 is 4.79 Å². The molecule has 2 N–H and O–H groups in total. The van der Waals surface area contributed by atoms with Crippen molar-refractivity contribution in [1.29, 1.82) is 0 Å². The van der Waals surface area contributed by atoms with E-state index in [4.69, 9.17) is 23.2 Å². The molecule has 0 aliphatic carbocycles. The van der Waals surface area contributed by atoms with Crippen molar-refractivity contribution in [3.63, 3.8) is 0 Å². The summed E-state index contributed by atoms with van der Waals surface area (Å²) in [6.45, 7) is 3.62. The lowest BCUT2D eigenvalue weighted by molar-refractivity contribution is -0.125. The van der Waals surface area contributed by atoms with Crippen LogP contribution in [0.3, 0.4) is 0 Å². The van der Waals surface area contributed by atoms with Crippen LogP contribution >= 0.6 is 35.6 Å². The maximum absolute atomic E-state index is 12.0. The molecule has 1 aromatic rings. The molecule has 2 rings (SSSR count). The van der Waals surface area contributed by atoms with Crippen LogP contribution in [-0.2, 0) is 4.79 Å². The van der Waals surface area contributed by atoms with E-state index < -0.39 is 0 Å². The average Bonchev–Trinajstić information content (AvgIpc) is 2.86. The minimum atomic E-state index is -0.0622. The standard InChI is InChI=1S/C13H16Cl2N2O.ClH/c1-8(9-2-3-11(14)12(15)6-9)17-13(18)10-4-5-16-7-10;/h2-3,6,8,10,16H,4-5,7H2,1H3,(H,17,18);1H. The number of nitrogens with one attached hydrogen (secondary N) is 2. The Bertz CT molecular complexity index is 448. The van der Waals surface area contributed by atoms with Gasteiger partial charge in [0.1, 0.15) is 0 Å². The SMILES string of the molecule is CC(NC(=O)C1CCNC1)c1ccc(Cl)c(Cl)c1.Cl. The van der Waals surface area contributed by atoms with Gasteiger partial charge in [-0.3, -0.25) is 4.79 Å². The highest BCUT2D eigenvalue weighted by Gasteiger charge is 2.23. The van der Waals surface area contributed by atoms with Crippen LogP contribution in [0.5, 0.6) is 0 Å². The lowest BCUT2D eigenvalue weighted by Gasteiger charge is -2.17. The lowest BCUT2D eigenvalue weighted by Crippen LogP contribution is -2.33. The Kier molecular flexibility index (Phi) is 6.40. The fourth-order valence-corrected chi connectivity index (χ4v) is 2.38. The summed E-state index contributed by atoms with van der Waals surface area (Å²) in [6, 6.07) is 5.36. The summed E-state index contributed by atoms with van der Waals surface area (Å²) in [7, 11) is 0. The molecular formula is C13H17Cl3N2O. The fourth-order valence-electron chi connectivity index (χ4n) is 2.07. The van der Waals surface area contributed by atoms with E-state index in [9.17, 15) is 4.79 Å². The van der Waals surface area contributed by atoms with Gasteiger partial charge in [-0.2, -0.15) is 0 Å². The minimum Gasteiger partial charge on any atom is -0.349 e. The lowest BCUT2D eigenvalue weighted by atomic mass is 10.1. The van der Waals surface area contributed by atoms with E-state index >= 15 is 0 Å². The van der Waals surface area contributed by atoms with Gasteiger partial charge < -0.3 is 10.6 Å². The van der Waals surface area contributed by atoms with Gasteiger partial charge in [-0.15, -0.1) is 12.4 Å². The van der Waals surface area contributed by atoms with Crippen molar-refractivity contribution in [2.24, 2.45) is 5.92 Å². The molecule has 1 saturated heterocycles. The maximum Gasteiger partial charge on any atom is 0.224 e. The summed E-state index contributed by atoms with van der Waals surface area (Å²) >= 11 is 11.8. The number of benzene rings is 1. The number of rotatable bonds is 3. The van der Waals surface area contributed by atoms with Gasteiger partial charge >= 0.3 is 0 Å². The zero-order valence-corrected chi connectivity index (χ0v) is 12.9. The monoisotopic (exact) mass is 322 g/mol. The van der Waals surface area contributed by atoms with Crippen molar-refractivity contribution in [2.45, 2.75) is 19.4 Å². The zero-order chi connectivity index (χ0) is 13.1. The van der Waals surface area contributed by atoms with Crippen LogP contribution in [0, 0.1) is 5.92 Å². The van der Waals surface area contributed by atoms with E-state index in [2.05, 4.69) is 10.6 Å². The predicted molar refractivity (Wildman–Crippen MR) is 81.2 cm³/mol. The van der Waals surface area contributed by atoms with Gasteiger partial charge in [0, 0.05) is 6.54 Å². The van der Waals surface area contributed by atoms with Crippen LogP contribution in [0.25, 0.3) is 0 Å². The Morgan fingerprint density at radius 1 is 1.42 bits per heavy atom. The van der Waals surface area contributed by atoms with Gasteiger partial charge in [-0.25, -0.2) is 0 Å². The van der Waals surface area contributed by atoms with Gasteiger partial charge in [0.15, 0.2) is 0 Å². The third-order valence-corrected chi connectivity index (χ3v) is 3.97. The van der Waals surface area contributed by atoms with Crippen LogP contribution < -0.4 is 10.6 Å². The molecule has 1 aromatic carbocycles. The van der Waals surface area contributed by atoms with E-state index in [1.54, 1.807) is 12.1 Å². The number of hydrogen-bond acceptors (Lipinski definition) is 2. The Morgan fingerprint density at radius 3 is 2.74 bits per heavy atom.